The normalized spacial score (nSPS) is 16.9. The molecule has 2 aromatic rings. The van der Waals surface area contributed by atoms with Crippen molar-refractivity contribution in [1.29, 1.82) is 0 Å². The fourth-order valence-corrected chi connectivity index (χ4v) is 4.64. The van der Waals surface area contributed by atoms with Crippen molar-refractivity contribution in [3.05, 3.63) is 71.5 Å². The van der Waals surface area contributed by atoms with Gasteiger partial charge in [0.25, 0.3) is 0 Å². The molecule has 2 fully saturated rings. The predicted molar refractivity (Wildman–Crippen MR) is 165 cm³/mol. The van der Waals surface area contributed by atoms with Gasteiger partial charge in [-0.1, -0.05) is 24.3 Å². The van der Waals surface area contributed by atoms with E-state index in [9.17, 15) is 9.90 Å². The minimum Gasteiger partial charge on any atom is -0.508 e. The summed E-state index contributed by atoms with van der Waals surface area (Å²) in [5.41, 5.74) is 1.57. The zero-order valence-corrected chi connectivity index (χ0v) is 25.0. The van der Waals surface area contributed by atoms with E-state index in [-0.39, 0.29) is 11.5 Å². The topological polar surface area (TPSA) is 99.2 Å². The maximum atomic E-state index is 12.5. The first-order chi connectivity index (χ1) is 21.0. The Morgan fingerprint density at radius 1 is 0.744 bits per heavy atom. The summed E-state index contributed by atoms with van der Waals surface area (Å²) >= 11 is 0. The van der Waals surface area contributed by atoms with Gasteiger partial charge >= 0.3 is 0 Å². The highest BCUT2D eigenvalue weighted by Gasteiger charge is 2.13. The Kier molecular flexibility index (Phi) is 12.9. The number of benzene rings is 2. The summed E-state index contributed by atoms with van der Waals surface area (Å²) in [5, 5.41) is 10.4. The molecule has 0 unspecified atom stereocenters. The monoisotopic (exact) mass is 594 g/mol. The number of ether oxygens (including phenoxy) is 6. The lowest BCUT2D eigenvalue weighted by Gasteiger charge is -2.26. The molecule has 0 spiro atoms. The molecule has 10 heteroatoms. The number of aliphatic hydroxyl groups excluding tert-OH is 1. The number of ketones is 1. The number of allylic oxidation sites excluding steroid dienone is 3. The zero-order valence-electron chi connectivity index (χ0n) is 25.0. The highest BCUT2D eigenvalue weighted by Crippen LogP contribution is 2.30. The number of methoxy groups -OCH3 is 2. The lowest BCUT2D eigenvalue weighted by Crippen LogP contribution is -2.38. The highest BCUT2D eigenvalue weighted by molar-refractivity contribution is 6.02. The second-order valence-corrected chi connectivity index (χ2v) is 10.1. The molecule has 232 valence electrons. The fourth-order valence-electron chi connectivity index (χ4n) is 4.64. The summed E-state index contributed by atoms with van der Waals surface area (Å²) in [6, 6.07) is 11.0. The number of carbonyl (C=O) groups is 1. The number of carbonyl (C=O) groups excluding carboxylic acids is 1. The SMILES string of the molecule is COc1ccc(/C=C/C(=O)/C=C(O)/C=C/c2ccc(OC)c(OCCN3CCOCC3)c2)cc1OCCN1CCOCC1. The van der Waals surface area contributed by atoms with Crippen LogP contribution in [0.3, 0.4) is 0 Å². The average molecular weight is 595 g/mol. The van der Waals surface area contributed by atoms with Gasteiger partial charge in [0.1, 0.15) is 19.0 Å². The standard InChI is InChI=1S/C33H42N2O8/c1-38-30-9-5-26(23-32(30)42-21-15-34-11-17-40-18-12-34)3-7-28(36)25-29(37)8-4-27-6-10-31(39-2)33(24-27)43-22-16-35-13-19-41-20-14-35/h3-10,23-25,36H,11-22H2,1-2H3/b7-3+,8-4+,28-25-. The molecule has 0 saturated carbocycles. The first-order valence-corrected chi connectivity index (χ1v) is 14.6. The first-order valence-electron chi connectivity index (χ1n) is 14.6. The number of nitrogens with zero attached hydrogens (tertiary/aromatic N) is 2. The van der Waals surface area contributed by atoms with Crippen LogP contribution in [0, 0.1) is 0 Å². The van der Waals surface area contributed by atoms with Crippen LogP contribution in [0.4, 0.5) is 0 Å². The van der Waals surface area contributed by atoms with Gasteiger partial charge in [0.2, 0.25) is 0 Å². The minimum absolute atomic E-state index is 0.165. The van der Waals surface area contributed by atoms with E-state index in [1.807, 2.05) is 30.3 Å². The van der Waals surface area contributed by atoms with Crippen molar-refractivity contribution in [3.63, 3.8) is 0 Å². The summed E-state index contributed by atoms with van der Waals surface area (Å²) in [5.74, 6) is 1.96. The van der Waals surface area contributed by atoms with Crippen LogP contribution in [0.15, 0.2) is 60.4 Å². The third-order valence-electron chi connectivity index (χ3n) is 7.09. The Labute approximate surface area is 253 Å². The van der Waals surface area contributed by atoms with Crippen molar-refractivity contribution < 1.29 is 38.3 Å². The lowest BCUT2D eigenvalue weighted by molar-refractivity contribution is -0.110. The molecule has 0 aromatic heterocycles. The third kappa shape index (κ3) is 10.7. The fraction of sp³-hybridized carbons (Fsp3) is 0.424. The Balaban J connectivity index is 1.30. The highest BCUT2D eigenvalue weighted by atomic mass is 16.5. The number of hydrogen-bond acceptors (Lipinski definition) is 10. The Morgan fingerprint density at radius 3 is 1.67 bits per heavy atom. The van der Waals surface area contributed by atoms with Crippen molar-refractivity contribution >= 4 is 17.9 Å². The Hall–Kier alpha value is -3.83. The molecular formula is C33H42N2O8. The van der Waals surface area contributed by atoms with Crippen LogP contribution in [-0.2, 0) is 14.3 Å². The Morgan fingerprint density at radius 2 is 1.21 bits per heavy atom. The van der Waals surface area contributed by atoms with Gasteiger partial charge in [-0.25, -0.2) is 0 Å². The molecule has 43 heavy (non-hydrogen) atoms. The molecule has 2 heterocycles. The van der Waals surface area contributed by atoms with E-state index in [0.29, 0.717) is 36.2 Å². The van der Waals surface area contributed by atoms with Gasteiger partial charge in [-0.15, -0.1) is 0 Å². The molecule has 2 saturated heterocycles. The molecule has 0 bridgehead atoms. The maximum absolute atomic E-state index is 12.5. The average Bonchev–Trinajstić information content (AvgIpc) is 3.04. The van der Waals surface area contributed by atoms with Gasteiger partial charge in [0, 0.05) is 45.3 Å². The second kappa shape index (κ2) is 17.3. The predicted octanol–water partition coefficient (Wildman–Crippen LogP) is 3.86. The van der Waals surface area contributed by atoms with Crippen molar-refractivity contribution in [2.75, 3.05) is 93.1 Å². The van der Waals surface area contributed by atoms with Crippen molar-refractivity contribution in [2.24, 2.45) is 0 Å². The second-order valence-electron chi connectivity index (χ2n) is 10.1. The van der Waals surface area contributed by atoms with Crippen LogP contribution in [-0.4, -0.2) is 114 Å². The van der Waals surface area contributed by atoms with E-state index >= 15 is 0 Å². The Bertz CT molecular complexity index is 1260. The lowest BCUT2D eigenvalue weighted by atomic mass is 10.1. The van der Waals surface area contributed by atoms with Gasteiger partial charge in [-0.3, -0.25) is 14.6 Å². The molecule has 10 nitrogen and oxygen atoms in total. The van der Waals surface area contributed by atoms with E-state index < -0.39 is 0 Å². The molecule has 0 atom stereocenters. The third-order valence-corrected chi connectivity index (χ3v) is 7.09. The minimum atomic E-state index is -0.352. The molecule has 0 radical (unpaired) electrons. The smallest absolute Gasteiger partial charge is 0.182 e. The number of hydrogen-bond donors (Lipinski definition) is 1. The van der Waals surface area contributed by atoms with Crippen LogP contribution in [0.1, 0.15) is 11.1 Å². The molecule has 0 amide bonds. The summed E-state index contributed by atoms with van der Waals surface area (Å²) in [6.45, 7) is 9.18. The summed E-state index contributed by atoms with van der Waals surface area (Å²) < 4.78 is 33.6. The molecule has 2 aliphatic heterocycles. The van der Waals surface area contributed by atoms with E-state index in [1.54, 1.807) is 32.4 Å². The van der Waals surface area contributed by atoms with Crippen LogP contribution in [0.25, 0.3) is 12.2 Å². The van der Waals surface area contributed by atoms with Crippen molar-refractivity contribution in [3.8, 4) is 23.0 Å². The number of aliphatic hydroxyl groups is 1. The maximum Gasteiger partial charge on any atom is 0.182 e. The van der Waals surface area contributed by atoms with Crippen molar-refractivity contribution in [1.82, 2.24) is 9.80 Å². The van der Waals surface area contributed by atoms with Gasteiger partial charge in [-0.05, 0) is 47.5 Å². The number of rotatable bonds is 15. The zero-order chi connectivity index (χ0) is 30.3. The molecule has 2 aliphatic rings. The van der Waals surface area contributed by atoms with Gasteiger partial charge in [-0.2, -0.15) is 0 Å². The molecule has 2 aromatic carbocycles. The molecular weight excluding hydrogens is 552 g/mol. The van der Waals surface area contributed by atoms with E-state index in [1.165, 1.54) is 18.2 Å². The van der Waals surface area contributed by atoms with E-state index in [2.05, 4.69) is 9.80 Å². The summed E-state index contributed by atoms with van der Waals surface area (Å²) in [6.07, 6.45) is 7.42. The molecule has 1 N–H and O–H groups in total. The quantitative estimate of drug-likeness (QED) is 0.186. The van der Waals surface area contributed by atoms with E-state index in [0.717, 1.165) is 76.8 Å². The number of morpholine rings is 2. The molecule has 0 aliphatic carbocycles. The molecule has 4 rings (SSSR count). The van der Waals surface area contributed by atoms with Crippen LogP contribution < -0.4 is 18.9 Å². The summed E-state index contributed by atoms with van der Waals surface area (Å²) in [7, 11) is 3.19. The first kappa shape index (κ1) is 32.1. The van der Waals surface area contributed by atoms with Crippen LogP contribution in [0.5, 0.6) is 23.0 Å². The van der Waals surface area contributed by atoms with Crippen LogP contribution >= 0.6 is 0 Å². The van der Waals surface area contributed by atoms with Gasteiger partial charge in [0.05, 0.1) is 40.6 Å². The van der Waals surface area contributed by atoms with Gasteiger partial charge in [0.15, 0.2) is 28.8 Å². The van der Waals surface area contributed by atoms with E-state index in [4.69, 9.17) is 28.4 Å². The van der Waals surface area contributed by atoms with Crippen LogP contribution in [0.2, 0.25) is 0 Å². The van der Waals surface area contributed by atoms with Crippen molar-refractivity contribution in [2.45, 2.75) is 0 Å². The summed E-state index contributed by atoms with van der Waals surface area (Å²) in [4.78, 5) is 17.1. The van der Waals surface area contributed by atoms with Gasteiger partial charge < -0.3 is 33.5 Å². The largest absolute Gasteiger partial charge is 0.508 e.